The SMILES string of the molecule is COC(=O)c1c(NC(=O)C(Sc2cccc(NC(=O)/C(=C/c3ccco3)NC(=O)c3ccccc3)c2)c2ccccc2)sc2c1CCN(C(=O)OC(C)(C)C)C2. The Bertz CT molecular complexity index is 2250. The first-order chi connectivity index (χ1) is 26.9. The maximum atomic E-state index is 14.3. The molecule has 0 spiro atoms. The van der Waals surface area contributed by atoms with E-state index in [1.807, 2.05) is 36.4 Å². The van der Waals surface area contributed by atoms with E-state index in [0.717, 1.165) is 10.4 Å². The molecule has 4 amide bonds. The van der Waals surface area contributed by atoms with E-state index in [4.69, 9.17) is 13.9 Å². The number of benzene rings is 3. The van der Waals surface area contributed by atoms with Crippen molar-refractivity contribution in [3.8, 4) is 0 Å². The average Bonchev–Trinajstić information content (AvgIpc) is 3.83. The van der Waals surface area contributed by atoms with Crippen LogP contribution >= 0.6 is 23.1 Å². The lowest BCUT2D eigenvalue weighted by Crippen LogP contribution is -2.39. The summed E-state index contributed by atoms with van der Waals surface area (Å²) < 4.78 is 16.1. The molecule has 14 heteroatoms. The fraction of sp³-hybridized carbons (Fsp3) is 0.214. The predicted octanol–water partition coefficient (Wildman–Crippen LogP) is 8.30. The molecule has 3 N–H and O–H groups in total. The summed E-state index contributed by atoms with van der Waals surface area (Å²) in [5.41, 5.74) is 1.78. The Morgan fingerprint density at radius 2 is 1.64 bits per heavy atom. The number of thiophene rings is 1. The van der Waals surface area contributed by atoms with Crippen molar-refractivity contribution in [2.75, 3.05) is 24.3 Å². The molecular formula is C42H40N4O8S2. The molecule has 12 nitrogen and oxygen atoms in total. The highest BCUT2D eigenvalue weighted by molar-refractivity contribution is 8.00. The van der Waals surface area contributed by atoms with Crippen molar-refractivity contribution < 1.29 is 37.9 Å². The fourth-order valence-corrected chi connectivity index (χ4v) is 8.15. The van der Waals surface area contributed by atoms with Gasteiger partial charge in [0.2, 0.25) is 5.91 Å². The van der Waals surface area contributed by atoms with Crippen LogP contribution in [0.5, 0.6) is 0 Å². The second kappa shape index (κ2) is 17.6. The van der Waals surface area contributed by atoms with Crippen LogP contribution in [0.1, 0.15) is 68.5 Å². The zero-order chi connectivity index (χ0) is 39.8. The number of esters is 1. The minimum Gasteiger partial charge on any atom is -0.465 e. The Morgan fingerprint density at radius 3 is 2.32 bits per heavy atom. The van der Waals surface area contributed by atoms with Crippen LogP contribution in [-0.4, -0.2) is 53.9 Å². The normalized spacial score (nSPS) is 13.2. The molecule has 1 atom stereocenters. The molecule has 0 radical (unpaired) electrons. The molecular weight excluding hydrogens is 753 g/mol. The lowest BCUT2D eigenvalue weighted by Gasteiger charge is -2.30. The summed E-state index contributed by atoms with van der Waals surface area (Å²) in [6, 6.07) is 28.0. The number of nitrogens with one attached hydrogen (secondary N) is 3. The van der Waals surface area contributed by atoms with Crippen molar-refractivity contribution in [2.24, 2.45) is 0 Å². The van der Waals surface area contributed by atoms with Gasteiger partial charge in [-0.1, -0.05) is 54.6 Å². The molecule has 1 aliphatic rings. The first-order valence-corrected chi connectivity index (χ1v) is 19.3. The number of carbonyl (C=O) groups excluding carboxylic acids is 5. The number of thioether (sulfide) groups is 1. The highest BCUT2D eigenvalue weighted by Gasteiger charge is 2.34. The van der Waals surface area contributed by atoms with Crippen LogP contribution in [0.2, 0.25) is 0 Å². The van der Waals surface area contributed by atoms with E-state index in [0.29, 0.717) is 45.4 Å². The van der Waals surface area contributed by atoms with Crippen LogP contribution in [0.3, 0.4) is 0 Å². The maximum absolute atomic E-state index is 14.3. The number of ether oxygens (including phenoxy) is 2. The topological polar surface area (TPSA) is 156 Å². The summed E-state index contributed by atoms with van der Waals surface area (Å²) in [6.45, 7) is 5.96. The van der Waals surface area contributed by atoms with Gasteiger partial charge in [-0.2, -0.15) is 0 Å². The van der Waals surface area contributed by atoms with Gasteiger partial charge >= 0.3 is 12.1 Å². The average molecular weight is 793 g/mol. The van der Waals surface area contributed by atoms with Gasteiger partial charge in [0.15, 0.2) is 0 Å². The first kappa shape index (κ1) is 39.6. The minimum absolute atomic E-state index is 0.0392. The third kappa shape index (κ3) is 9.94. The number of hydrogen-bond donors (Lipinski definition) is 3. The van der Waals surface area contributed by atoms with Crippen molar-refractivity contribution in [1.82, 2.24) is 10.2 Å². The minimum atomic E-state index is -0.787. The van der Waals surface area contributed by atoms with E-state index in [9.17, 15) is 24.0 Å². The number of rotatable bonds is 11. The van der Waals surface area contributed by atoms with E-state index in [1.54, 1.807) is 86.3 Å². The van der Waals surface area contributed by atoms with Gasteiger partial charge in [0.25, 0.3) is 11.8 Å². The van der Waals surface area contributed by atoms with Gasteiger partial charge in [0.05, 0.1) is 25.5 Å². The molecule has 0 fully saturated rings. The number of hydrogen-bond acceptors (Lipinski definition) is 10. The Balaban J connectivity index is 1.23. The van der Waals surface area contributed by atoms with Crippen molar-refractivity contribution in [3.05, 3.63) is 142 Å². The van der Waals surface area contributed by atoms with E-state index >= 15 is 0 Å². The quantitative estimate of drug-likeness (QED) is 0.0680. The molecule has 56 heavy (non-hydrogen) atoms. The molecule has 0 saturated heterocycles. The van der Waals surface area contributed by atoms with Crippen LogP contribution in [0, 0.1) is 0 Å². The summed E-state index contributed by atoms with van der Waals surface area (Å²) in [6.07, 6.45) is 2.82. The van der Waals surface area contributed by atoms with Gasteiger partial charge in [0, 0.05) is 33.6 Å². The molecule has 3 heterocycles. The highest BCUT2D eigenvalue weighted by Crippen LogP contribution is 2.41. The first-order valence-electron chi connectivity index (χ1n) is 17.6. The molecule has 3 aromatic carbocycles. The summed E-state index contributed by atoms with van der Waals surface area (Å²) >= 11 is 2.48. The summed E-state index contributed by atoms with van der Waals surface area (Å²) in [4.78, 5) is 69.9. The van der Waals surface area contributed by atoms with Gasteiger partial charge < -0.3 is 34.7 Å². The number of fused-ring (bicyclic) bond motifs is 1. The molecule has 0 bridgehead atoms. The van der Waals surface area contributed by atoms with Crippen LogP contribution in [0.4, 0.5) is 15.5 Å². The smallest absolute Gasteiger partial charge is 0.410 e. The zero-order valence-electron chi connectivity index (χ0n) is 31.1. The Kier molecular flexibility index (Phi) is 12.4. The zero-order valence-corrected chi connectivity index (χ0v) is 32.8. The van der Waals surface area contributed by atoms with E-state index < -0.39 is 40.6 Å². The summed E-state index contributed by atoms with van der Waals surface area (Å²) in [5, 5.41) is 8.07. The van der Waals surface area contributed by atoms with Crippen LogP contribution in [0.25, 0.3) is 6.08 Å². The molecule has 0 saturated carbocycles. The van der Waals surface area contributed by atoms with E-state index in [-0.39, 0.29) is 17.8 Å². The molecule has 288 valence electrons. The molecule has 5 aromatic rings. The molecule has 0 aliphatic carbocycles. The third-order valence-corrected chi connectivity index (χ3v) is 10.8. The number of methoxy groups -OCH3 is 1. The van der Waals surface area contributed by atoms with Gasteiger partial charge in [-0.15, -0.1) is 23.1 Å². The van der Waals surface area contributed by atoms with Gasteiger partial charge in [-0.05, 0) is 80.8 Å². The van der Waals surface area contributed by atoms with E-state index in [1.165, 1.54) is 42.5 Å². The molecule has 1 aliphatic heterocycles. The molecule has 1 unspecified atom stereocenters. The number of carbonyl (C=O) groups is 5. The summed E-state index contributed by atoms with van der Waals surface area (Å²) in [5.74, 6) is -1.67. The predicted molar refractivity (Wildman–Crippen MR) is 215 cm³/mol. The van der Waals surface area contributed by atoms with Crippen molar-refractivity contribution in [3.63, 3.8) is 0 Å². The number of amides is 4. The van der Waals surface area contributed by atoms with Crippen molar-refractivity contribution in [2.45, 2.75) is 49.5 Å². The lowest BCUT2D eigenvalue weighted by molar-refractivity contribution is -0.116. The third-order valence-electron chi connectivity index (χ3n) is 8.38. The second-order valence-corrected chi connectivity index (χ2v) is 15.9. The Morgan fingerprint density at radius 1 is 0.911 bits per heavy atom. The van der Waals surface area contributed by atoms with Gasteiger partial charge in [-0.25, -0.2) is 9.59 Å². The van der Waals surface area contributed by atoms with Crippen molar-refractivity contribution in [1.29, 1.82) is 0 Å². The van der Waals surface area contributed by atoms with Crippen LogP contribution < -0.4 is 16.0 Å². The van der Waals surface area contributed by atoms with E-state index in [2.05, 4.69) is 16.0 Å². The largest absolute Gasteiger partial charge is 0.465 e. The van der Waals surface area contributed by atoms with Gasteiger partial charge in [-0.3, -0.25) is 14.4 Å². The van der Waals surface area contributed by atoms with Crippen LogP contribution in [-0.2, 0) is 32.0 Å². The Hall–Kier alpha value is -6.12. The Labute approximate surface area is 332 Å². The highest BCUT2D eigenvalue weighted by atomic mass is 32.2. The van der Waals surface area contributed by atoms with Gasteiger partial charge in [0.1, 0.15) is 27.3 Å². The van der Waals surface area contributed by atoms with Crippen LogP contribution in [0.15, 0.2) is 118 Å². The number of anilines is 2. The molecule has 2 aromatic heterocycles. The molecule has 6 rings (SSSR count). The lowest BCUT2D eigenvalue weighted by atomic mass is 10.0. The maximum Gasteiger partial charge on any atom is 0.410 e. The summed E-state index contributed by atoms with van der Waals surface area (Å²) in [7, 11) is 1.29. The second-order valence-electron chi connectivity index (χ2n) is 13.6. The fourth-order valence-electron chi connectivity index (χ4n) is 5.81. The monoisotopic (exact) mass is 792 g/mol. The number of furan rings is 1. The van der Waals surface area contributed by atoms with Crippen molar-refractivity contribution >= 4 is 69.6 Å². The number of nitrogens with zero attached hydrogens (tertiary/aromatic N) is 1. The standard InChI is InChI=1S/C42H40N4O8S2/c1-42(2,3)54-41(51)46-21-20-31-33(25-46)56-39(34(31)40(50)52-4)45-38(49)35(26-13-7-5-8-14-26)55-30-19-11-17-28(23-30)43-37(48)32(24-29-18-12-22-53-29)44-36(47)27-15-9-6-10-16-27/h5-19,22-24,35H,20-21,25H2,1-4H3,(H,43,48)(H,44,47)(H,45,49)/b32-24-.